The first-order chi connectivity index (χ1) is 11.4. The van der Waals surface area contributed by atoms with E-state index in [2.05, 4.69) is 63.7 Å². The standard InChI is InChI=1S/C23H36S/c1-22(2)15-7-5-9-18-17-19(18)10-6-8-16-23(3,4)24-21-13-11-20(22)12-14-21/h11-14,18-19H,5-10,15-17H2,1-4H3. The van der Waals surface area contributed by atoms with Gasteiger partial charge in [-0.1, -0.05) is 78.4 Å². The minimum absolute atomic E-state index is 0.315. The van der Waals surface area contributed by atoms with Crippen LogP contribution in [0.15, 0.2) is 29.2 Å². The van der Waals surface area contributed by atoms with Gasteiger partial charge in [-0.05, 0) is 54.2 Å². The molecule has 1 saturated carbocycles. The molecule has 0 aromatic heterocycles. The molecule has 0 spiro atoms. The Morgan fingerprint density at radius 1 is 0.792 bits per heavy atom. The largest absolute Gasteiger partial charge is 0.120 e. The van der Waals surface area contributed by atoms with Crippen molar-refractivity contribution in [1.82, 2.24) is 0 Å². The van der Waals surface area contributed by atoms with Crippen LogP contribution in [0.5, 0.6) is 0 Å². The molecule has 1 fully saturated rings. The normalized spacial score (nSPS) is 30.3. The van der Waals surface area contributed by atoms with Gasteiger partial charge in [0.05, 0.1) is 0 Å². The quantitative estimate of drug-likeness (QED) is 0.467. The average Bonchev–Trinajstić information content (AvgIpc) is 3.26. The van der Waals surface area contributed by atoms with Gasteiger partial charge in [-0.25, -0.2) is 0 Å². The highest BCUT2D eigenvalue weighted by molar-refractivity contribution is 8.00. The molecule has 2 heterocycles. The number of hydrogen-bond acceptors (Lipinski definition) is 1. The highest BCUT2D eigenvalue weighted by Crippen LogP contribution is 2.46. The fraction of sp³-hybridized carbons (Fsp3) is 0.739. The molecule has 2 bridgehead atoms. The van der Waals surface area contributed by atoms with Crippen molar-refractivity contribution < 1.29 is 0 Å². The molecule has 24 heavy (non-hydrogen) atoms. The SMILES string of the molecule is CC1(C)CCCCC2CC2CCCCC(C)(C)c2ccc(cc2)S1. The molecule has 0 amide bonds. The first kappa shape index (κ1) is 18.4. The molecule has 0 radical (unpaired) electrons. The molecule has 2 unspecified atom stereocenters. The molecular formula is C23H36S. The summed E-state index contributed by atoms with van der Waals surface area (Å²) < 4.78 is 0.355. The minimum atomic E-state index is 0.315. The van der Waals surface area contributed by atoms with Crippen molar-refractivity contribution in [3.8, 4) is 0 Å². The first-order valence-electron chi connectivity index (χ1n) is 10.2. The van der Waals surface area contributed by atoms with Crippen LogP contribution in [0.4, 0.5) is 0 Å². The summed E-state index contributed by atoms with van der Waals surface area (Å²) in [7, 11) is 0. The molecule has 134 valence electrons. The Kier molecular flexibility index (Phi) is 5.69. The first-order valence-corrected chi connectivity index (χ1v) is 11.0. The van der Waals surface area contributed by atoms with E-state index >= 15 is 0 Å². The monoisotopic (exact) mass is 344 g/mol. The molecule has 1 heteroatoms. The lowest BCUT2D eigenvalue weighted by Crippen LogP contribution is -2.17. The van der Waals surface area contributed by atoms with Crippen LogP contribution in [0.3, 0.4) is 0 Å². The van der Waals surface area contributed by atoms with Gasteiger partial charge in [-0.15, -0.1) is 11.8 Å². The summed E-state index contributed by atoms with van der Waals surface area (Å²) in [6.07, 6.45) is 12.8. The number of thioether (sulfide) groups is 1. The summed E-state index contributed by atoms with van der Waals surface area (Å²) in [6, 6.07) is 9.48. The van der Waals surface area contributed by atoms with Gasteiger partial charge in [0.25, 0.3) is 0 Å². The van der Waals surface area contributed by atoms with E-state index in [9.17, 15) is 0 Å². The third-order valence-corrected chi connectivity index (χ3v) is 7.59. The van der Waals surface area contributed by atoms with Gasteiger partial charge in [0.15, 0.2) is 0 Å². The molecule has 2 aliphatic heterocycles. The summed E-state index contributed by atoms with van der Waals surface area (Å²) in [4.78, 5) is 1.44. The Bertz CT molecular complexity index is 525. The fourth-order valence-electron chi connectivity index (χ4n) is 4.44. The van der Waals surface area contributed by atoms with E-state index < -0.39 is 0 Å². The summed E-state index contributed by atoms with van der Waals surface area (Å²) in [5.74, 6) is 2.15. The maximum Gasteiger partial charge on any atom is 0.0150 e. The second-order valence-corrected chi connectivity index (χ2v) is 11.3. The second-order valence-electron chi connectivity index (χ2n) is 9.52. The van der Waals surface area contributed by atoms with E-state index in [0.29, 0.717) is 10.2 Å². The fourth-order valence-corrected chi connectivity index (χ4v) is 5.59. The van der Waals surface area contributed by atoms with E-state index in [4.69, 9.17) is 0 Å². The number of fused-ring (bicyclic) bond motifs is 11. The summed E-state index contributed by atoms with van der Waals surface area (Å²) in [6.45, 7) is 9.69. The number of hydrogen-bond donors (Lipinski definition) is 0. The molecule has 0 N–H and O–H groups in total. The van der Waals surface area contributed by atoms with Crippen molar-refractivity contribution in [2.75, 3.05) is 0 Å². The topological polar surface area (TPSA) is 0 Å². The van der Waals surface area contributed by atoms with Crippen LogP contribution < -0.4 is 0 Å². The van der Waals surface area contributed by atoms with Gasteiger partial charge >= 0.3 is 0 Å². The van der Waals surface area contributed by atoms with Gasteiger partial charge in [0.2, 0.25) is 0 Å². The maximum atomic E-state index is 2.42. The predicted octanol–water partition coefficient (Wildman–Crippen LogP) is 7.61. The zero-order valence-electron chi connectivity index (χ0n) is 16.2. The number of rotatable bonds is 0. The van der Waals surface area contributed by atoms with Gasteiger partial charge < -0.3 is 0 Å². The van der Waals surface area contributed by atoms with Crippen LogP contribution in [-0.4, -0.2) is 4.75 Å². The molecule has 1 aliphatic carbocycles. The minimum Gasteiger partial charge on any atom is -0.120 e. The Morgan fingerprint density at radius 2 is 1.38 bits per heavy atom. The summed E-state index contributed by atoms with van der Waals surface area (Å²) in [5.41, 5.74) is 1.83. The molecule has 1 aromatic rings. The van der Waals surface area contributed by atoms with Crippen LogP contribution >= 0.6 is 11.8 Å². The highest BCUT2D eigenvalue weighted by Gasteiger charge is 2.35. The van der Waals surface area contributed by atoms with Crippen molar-refractivity contribution in [1.29, 1.82) is 0 Å². The lowest BCUT2D eigenvalue weighted by molar-refractivity contribution is 0.436. The van der Waals surface area contributed by atoms with Crippen LogP contribution in [0.1, 0.15) is 91.0 Å². The van der Waals surface area contributed by atoms with E-state index in [0.717, 1.165) is 11.8 Å². The maximum absolute atomic E-state index is 2.42. The van der Waals surface area contributed by atoms with Crippen LogP contribution in [0.2, 0.25) is 0 Å². The molecule has 4 rings (SSSR count). The van der Waals surface area contributed by atoms with Crippen molar-refractivity contribution in [2.24, 2.45) is 11.8 Å². The van der Waals surface area contributed by atoms with Gasteiger partial charge in [-0.3, -0.25) is 0 Å². The van der Waals surface area contributed by atoms with Gasteiger partial charge in [-0.2, -0.15) is 0 Å². The zero-order valence-corrected chi connectivity index (χ0v) is 17.1. The van der Waals surface area contributed by atoms with E-state index in [-0.39, 0.29) is 0 Å². The van der Waals surface area contributed by atoms with Crippen LogP contribution in [-0.2, 0) is 5.41 Å². The molecule has 1 aromatic carbocycles. The van der Waals surface area contributed by atoms with E-state index in [1.165, 1.54) is 68.2 Å². The lowest BCUT2D eigenvalue weighted by atomic mass is 9.80. The summed E-state index contributed by atoms with van der Waals surface area (Å²) in [5, 5.41) is 0. The Balaban J connectivity index is 1.70. The zero-order chi connectivity index (χ0) is 17.2. The summed E-state index contributed by atoms with van der Waals surface area (Å²) >= 11 is 2.07. The number of benzene rings is 1. The van der Waals surface area contributed by atoms with E-state index in [1.54, 1.807) is 0 Å². The van der Waals surface area contributed by atoms with Crippen LogP contribution in [0.25, 0.3) is 0 Å². The molecule has 0 saturated heterocycles. The average molecular weight is 345 g/mol. The molecule has 3 aliphatic rings. The van der Waals surface area contributed by atoms with Crippen molar-refractivity contribution in [3.05, 3.63) is 29.8 Å². The Labute approximate surface area is 154 Å². The predicted molar refractivity (Wildman–Crippen MR) is 108 cm³/mol. The van der Waals surface area contributed by atoms with Gasteiger partial charge in [0, 0.05) is 9.64 Å². The Morgan fingerprint density at radius 3 is 2.00 bits per heavy atom. The Hall–Kier alpha value is -0.430. The molecule has 0 nitrogen and oxygen atoms in total. The third-order valence-electron chi connectivity index (χ3n) is 6.33. The van der Waals surface area contributed by atoms with Crippen molar-refractivity contribution in [3.63, 3.8) is 0 Å². The van der Waals surface area contributed by atoms with Crippen molar-refractivity contribution >= 4 is 11.8 Å². The lowest BCUT2D eigenvalue weighted by Gasteiger charge is -2.27. The van der Waals surface area contributed by atoms with E-state index in [1.807, 2.05) is 0 Å². The third kappa shape index (κ3) is 5.04. The van der Waals surface area contributed by atoms with Crippen molar-refractivity contribution in [2.45, 2.75) is 101 Å². The highest BCUT2D eigenvalue weighted by atomic mass is 32.2. The molecular weight excluding hydrogens is 308 g/mol. The molecule has 2 atom stereocenters. The van der Waals surface area contributed by atoms with Gasteiger partial charge in [0.1, 0.15) is 0 Å². The van der Waals surface area contributed by atoms with Crippen LogP contribution in [0, 0.1) is 11.8 Å². The smallest absolute Gasteiger partial charge is 0.0150 e. The second kappa shape index (κ2) is 7.44.